The Morgan fingerprint density at radius 3 is 2.16 bits per heavy atom. The van der Waals surface area contributed by atoms with Crippen LogP contribution < -0.4 is 5.32 Å². The standard InChI is InChI=1S/C32H30FN3O/c1-23-10-8-17-31-35-22-30(36(23)31)29(26-15-9-16-27(33)20-26)21-32(37)34-19-18-28(24-11-4-2-5-12-24)25-13-6-3-7-14-25/h2-17,20,22,28-29H,18-19,21H2,1H3,(H,34,37). The number of benzene rings is 3. The van der Waals surface area contributed by atoms with Crippen LogP contribution in [0.3, 0.4) is 0 Å². The Labute approximate surface area is 216 Å². The van der Waals surface area contributed by atoms with E-state index in [1.807, 2.05) is 72.0 Å². The molecule has 5 rings (SSSR count). The van der Waals surface area contributed by atoms with E-state index in [1.165, 1.54) is 23.3 Å². The molecule has 1 N–H and O–H groups in total. The van der Waals surface area contributed by atoms with E-state index in [1.54, 1.807) is 12.3 Å². The molecule has 0 aliphatic rings. The molecule has 1 amide bonds. The fraction of sp³-hybridized carbons (Fsp3) is 0.188. The molecular weight excluding hydrogens is 461 g/mol. The fourth-order valence-corrected chi connectivity index (χ4v) is 5.10. The topological polar surface area (TPSA) is 46.4 Å². The minimum absolute atomic E-state index is 0.0716. The van der Waals surface area contributed by atoms with Gasteiger partial charge in [-0.05, 0) is 54.3 Å². The van der Waals surface area contributed by atoms with Crippen LogP contribution in [0.2, 0.25) is 0 Å². The van der Waals surface area contributed by atoms with Gasteiger partial charge in [-0.25, -0.2) is 9.37 Å². The van der Waals surface area contributed by atoms with Gasteiger partial charge < -0.3 is 9.72 Å². The number of hydrogen-bond acceptors (Lipinski definition) is 2. The zero-order valence-corrected chi connectivity index (χ0v) is 20.8. The van der Waals surface area contributed by atoms with Gasteiger partial charge in [0.25, 0.3) is 0 Å². The van der Waals surface area contributed by atoms with Gasteiger partial charge in [-0.2, -0.15) is 0 Å². The molecule has 5 heteroatoms. The average Bonchev–Trinajstić information content (AvgIpc) is 3.36. The third-order valence-electron chi connectivity index (χ3n) is 6.91. The number of nitrogens with one attached hydrogen (secondary N) is 1. The van der Waals surface area contributed by atoms with Gasteiger partial charge in [-0.3, -0.25) is 4.79 Å². The highest BCUT2D eigenvalue weighted by Gasteiger charge is 2.23. The minimum Gasteiger partial charge on any atom is -0.356 e. The van der Waals surface area contributed by atoms with Crippen molar-refractivity contribution in [2.45, 2.75) is 31.6 Å². The molecule has 5 aromatic rings. The van der Waals surface area contributed by atoms with E-state index in [0.717, 1.165) is 29.0 Å². The normalized spacial score (nSPS) is 12.1. The van der Waals surface area contributed by atoms with Crippen LogP contribution in [0.5, 0.6) is 0 Å². The Hall–Kier alpha value is -4.25. The number of hydrogen-bond donors (Lipinski definition) is 1. The van der Waals surface area contributed by atoms with Crippen molar-refractivity contribution < 1.29 is 9.18 Å². The summed E-state index contributed by atoms with van der Waals surface area (Å²) in [5.41, 5.74) is 5.90. The van der Waals surface area contributed by atoms with E-state index in [9.17, 15) is 9.18 Å². The minimum atomic E-state index is -0.328. The first-order valence-corrected chi connectivity index (χ1v) is 12.6. The summed E-state index contributed by atoms with van der Waals surface area (Å²) in [6, 6.07) is 33.1. The number of imidazole rings is 1. The summed E-state index contributed by atoms with van der Waals surface area (Å²) >= 11 is 0. The molecule has 4 nitrogen and oxygen atoms in total. The first-order valence-electron chi connectivity index (χ1n) is 12.6. The van der Waals surface area contributed by atoms with Gasteiger partial charge in [0.1, 0.15) is 11.5 Å². The summed E-state index contributed by atoms with van der Waals surface area (Å²) < 4.78 is 16.2. The van der Waals surface area contributed by atoms with Gasteiger partial charge in [0.15, 0.2) is 0 Å². The van der Waals surface area contributed by atoms with Gasteiger partial charge in [-0.15, -0.1) is 0 Å². The van der Waals surface area contributed by atoms with Gasteiger partial charge in [0.2, 0.25) is 5.91 Å². The van der Waals surface area contributed by atoms with Crippen molar-refractivity contribution in [3.8, 4) is 0 Å². The number of pyridine rings is 1. The lowest BCUT2D eigenvalue weighted by Crippen LogP contribution is -2.28. The molecule has 2 heterocycles. The highest BCUT2D eigenvalue weighted by molar-refractivity contribution is 5.77. The molecule has 0 radical (unpaired) electrons. The largest absolute Gasteiger partial charge is 0.356 e. The molecule has 1 unspecified atom stereocenters. The molecular formula is C32H30FN3O. The van der Waals surface area contributed by atoms with E-state index >= 15 is 0 Å². The first-order chi connectivity index (χ1) is 18.1. The maximum absolute atomic E-state index is 14.2. The Balaban J connectivity index is 1.35. The Morgan fingerprint density at radius 1 is 0.838 bits per heavy atom. The van der Waals surface area contributed by atoms with Gasteiger partial charge in [-0.1, -0.05) is 78.9 Å². The van der Waals surface area contributed by atoms with Crippen LogP contribution in [-0.4, -0.2) is 21.8 Å². The van der Waals surface area contributed by atoms with Crippen molar-refractivity contribution in [1.29, 1.82) is 0 Å². The molecule has 0 bridgehead atoms. The summed E-state index contributed by atoms with van der Waals surface area (Å²) in [5, 5.41) is 3.13. The van der Waals surface area contributed by atoms with E-state index in [-0.39, 0.29) is 30.0 Å². The quantitative estimate of drug-likeness (QED) is 0.251. The molecule has 0 saturated carbocycles. The Morgan fingerprint density at radius 2 is 1.49 bits per heavy atom. The monoisotopic (exact) mass is 491 g/mol. The Bertz CT molecular complexity index is 1440. The number of aromatic nitrogens is 2. The van der Waals surface area contributed by atoms with E-state index < -0.39 is 0 Å². The second-order valence-electron chi connectivity index (χ2n) is 9.37. The molecule has 2 aromatic heterocycles. The summed E-state index contributed by atoms with van der Waals surface area (Å²) in [7, 11) is 0. The van der Waals surface area contributed by atoms with Crippen molar-refractivity contribution in [3.63, 3.8) is 0 Å². The van der Waals surface area contributed by atoms with Gasteiger partial charge >= 0.3 is 0 Å². The molecule has 3 aromatic carbocycles. The lowest BCUT2D eigenvalue weighted by Gasteiger charge is -2.20. The second kappa shape index (κ2) is 11.2. The van der Waals surface area contributed by atoms with Crippen LogP contribution >= 0.6 is 0 Å². The molecule has 0 aliphatic heterocycles. The summed E-state index contributed by atoms with van der Waals surface area (Å²) in [5.74, 6) is -0.534. The number of nitrogens with zero attached hydrogens (tertiary/aromatic N) is 2. The number of halogens is 1. The predicted octanol–water partition coefficient (Wildman–Crippen LogP) is 6.64. The third kappa shape index (κ3) is 5.61. The van der Waals surface area contributed by atoms with Crippen LogP contribution in [0.25, 0.3) is 5.65 Å². The molecule has 0 aliphatic carbocycles. The Kier molecular flexibility index (Phi) is 7.41. The summed E-state index contributed by atoms with van der Waals surface area (Å²) in [6.45, 7) is 2.55. The molecule has 0 spiro atoms. The summed E-state index contributed by atoms with van der Waals surface area (Å²) in [6.07, 6.45) is 2.78. The number of rotatable bonds is 9. The van der Waals surface area contributed by atoms with Gasteiger partial charge in [0, 0.05) is 36.7 Å². The number of aryl methyl sites for hydroxylation is 1. The van der Waals surface area contributed by atoms with Crippen molar-refractivity contribution in [2.24, 2.45) is 0 Å². The zero-order chi connectivity index (χ0) is 25.6. The molecule has 37 heavy (non-hydrogen) atoms. The molecule has 1 atom stereocenters. The number of carbonyl (C=O) groups is 1. The van der Waals surface area contributed by atoms with Crippen LogP contribution in [0.15, 0.2) is 109 Å². The highest BCUT2D eigenvalue weighted by atomic mass is 19.1. The average molecular weight is 492 g/mol. The second-order valence-corrected chi connectivity index (χ2v) is 9.37. The van der Waals surface area contributed by atoms with Crippen molar-refractivity contribution >= 4 is 11.6 Å². The smallest absolute Gasteiger partial charge is 0.221 e. The van der Waals surface area contributed by atoms with Gasteiger partial charge in [0.05, 0.1) is 5.69 Å². The number of amides is 1. The predicted molar refractivity (Wildman–Crippen MR) is 145 cm³/mol. The molecule has 0 saturated heterocycles. The fourth-order valence-electron chi connectivity index (χ4n) is 5.10. The van der Waals surface area contributed by atoms with Crippen LogP contribution in [0, 0.1) is 12.7 Å². The van der Waals surface area contributed by atoms with Crippen LogP contribution in [0.4, 0.5) is 4.39 Å². The number of fused-ring (bicyclic) bond motifs is 1. The summed E-state index contributed by atoms with van der Waals surface area (Å²) in [4.78, 5) is 17.8. The van der Waals surface area contributed by atoms with Crippen molar-refractivity contribution in [2.75, 3.05) is 6.54 Å². The van der Waals surface area contributed by atoms with Crippen molar-refractivity contribution in [3.05, 3.63) is 143 Å². The van der Waals surface area contributed by atoms with E-state index in [4.69, 9.17) is 0 Å². The van der Waals surface area contributed by atoms with Crippen LogP contribution in [0.1, 0.15) is 52.8 Å². The number of carbonyl (C=O) groups excluding carboxylic acids is 1. The molecule has 186 valence electrons. The van der Waals surface area contributed by atoms with Crippen LogP contribution in [-0.2, 0) is 4.79 Å². The zero-order valence-electron chi connectivity index (χ0n) is 20.8. The molecule has 0 fully saturated rings. The lowest BCUT2D eigenvalue weighted by molar-refractivity contribution is -0.121. The lowest BCUT2D eigenvalue weighted by atomic mass is 9.88. The highest BCUT2D eigenvalue weighted by Crippen LogP contribution is 2.31. The SMILES string of the molecule is Cc1cccc2ncc(C(CC(=O)NCCC(c3ccccc3)c3ccccc3)c3cccc(F)c3)n12. The van der Waals surface area contributed by atoms with E-state index in [2.05, 4.69) is 34.6 Å². The van der Waals surface area contributed by atoms with E-state index in [0.29, 0.717) is 6.54 Å². The maximum atomic E-state index is 14.2. The van der Waals surface area contributed by atoms with Crippen molar-refractivity contribution in [1.82, 2.24) is 14.7 Å². The maximum Gasteiger partial charge on any atom is 0.221 e. The first kappa shape index (κ1) is 24.4. The third-order valence-corrected chi connectivity index (χ3v) is 6.91.